The SMILES string of the molecule is Bc1ccc(BC)cn1. The molecule has 0 aliphatic rings. The van der Waals surface area contributed by atoms with Crippen LogP contribution in [-0.2, 0) is 0 Å². The van der Waals surface area contributed by atoms with Crippen LogP contribution >= 0.6 is 0 Å². The first-order chi connectivity index (χ1) is 4.33. The van der Waals surface area contributed by atoms with Crippen molar-refractivity contribution in [2.75, 3.05) is 0 Å². The molecule has 1 nitrogen and oxygen atoms in total. The van der Waals surface area contributed by atoms with Gasteiger partial charge in [-0.05, 0) is 5.59 Å². The maximum atomic E-state index is 4.15. The number of pyridine rings is 1. The van der Waals surface area contributed by atoms with Gasteiger partial charge >= 0.3 is 0 Å². The molecule has 9 heavy (non-hydrogen) atoms. The van der Waals surface area contributed by atoms with Crippen molar-refractivity contribution in [2.24, 2.45) is 0 Å². The summed E-state index contributed by atoms with van der Waals surface area (Å²) in [6, 6.07) is 4.15. The lowest BCUT2D eigenvalue weighted by molar-refractivity contribution is 1.41. The van der Waals surface area contributed by atoms with Crippen molar-refractivity contribution < 1.29 is 0 Å². The van der Waals surface area contributed by atoms with Crippen LogP contribution in [0.4, 0.5) is 0 Å². The average Bonchev–Trinajstić information content (AvgIpc) is 1.90. The average molecular weight is 117 g/mol. The molecule has 0 aliphatic carbocycles. The van der Waals surface area contributed by atoms with Crippen LogP contribution in [0.2, 0.25) is 6.82 Å². The van der Waals surface area contributed by atoms with Crippen LogP contribution in [0.15, 0.2) is 18.3 Å². The molecule has 0 unspecified atom stereocenters. The van der Waals surface area contributed by atoms with Crippen molar-refractivity contribution in [1.29, 1.82) is 0 Å². The van der Waals surface area contributed by atoms with E-state index in [1.54, 1.807) is 0 Å². The van der Waals surface area contributed by atoms with Crippen molar-refractivity contribution >= 4 is 26.2 Å². The number of rotatable bonds is 1. The second-order valence-electron chi connectivity index (χ2n) is 2.16. The molecule has 44 valence electrons. The van der Waals surface area contributed by atoms with E-state index in [0.29, 0.717) is 0 Å². The van der Waals surface area contributed by atoms with Crippen molar-refractivity contribution in [3.05, 3.63) is 18.3 Å². The normalized spacial score (nSPS) is 9.00. The number of hydrogen-bond donors (Lipinski definition) is 0. The molecule has 0 atom stereocenters. The first-order valence-electron chi connectivity index (χ1n) is 3.24. The Kier molecular flexibility index (Phi) is 1.93. The summed E-state index contributed by atoms with van der Waals surface area (Å²) in [6.45, 7) is 2.13. The molecule has 0 aliphatic heterocycles. The van der Waals surface area contributed by atoms with Gasteiger partial charge in [0.1, 0.15) is 0 Å². The van der Waals surface area contributed by atoms with Crippen molar-refractivity contribution in [3.63, 3.8) is 0 Å². The molecule has 0 saturated heterocycles. The predicted octanol–water partition coefficient (Wildman–Crippen LogP) is -1.55. The van der Waals surface area contributed by atoms with E-state index >= 15 is 0 Å². The highest BCUT2D eigenvalue weighted by Crippen LogP contribution is 1.71. The van der Waals surface area contributed by atoms with Gasteiger partial charge in [-0.2, -0.15) is 0 Å². The predicted molar refractivity (Wildman–Crippen MR) is 45.1 cm³/mol. The van der Waals surface area contributed by atoms with E-state index in [-0.39, 0.29) is 0 Å². The molecule has 0 aromatic carbocycles. The van der Waals surface area contributed by atoms with E-state index < -0.39 is 0 Å². The largest absolute Gasteiger partial charge is 0.273 e. The summed E-state index contributed by atoms with van der Waals surface area (Å²) >= 11 is 0. The summed E-state index contributed by atoms with van der Waals surface area (Å²) in [7, 11) is 3.08. The summed E-state index contributed by atoms with van der Waals surface area (Å²) in [5.74, 6) is 0. The Morgan fingerprint density at radius 1 is 1.56 bits per heavy atom. The highest BCUT2D eigenvalue weighted by molar-refractivity contribution is 6.51. The highest BCUT2D eigenvalue weighted by atomic mass is 14.6. The molecule has 0 spiro atoms. The fourth-order valence-electron chi connectivity index (χ4n) is 0.708. The molecule has 0 bridgehead atoms. The highest BCUT2D eigenvalue weighted by Gasteiger charge is 1.87. The molecule has 0 saturated carbocycles. The van der Waals surface area contributed by atoms with Gasteiger partial charge in [0.2, 0.25) is 0 Å². The van der Waals surface area contributed by atoms with Gasteiger partial charge in [-0.25, -0.2) is 0 Å². The molecule has 0 amide bonds. The molecule has 0 fully saturated rings. The Balaban J connectivity index is 2.88. The molecule has 1 aromatic rings. The third-order valence-corrected chi connectivity index (χ3v) is 1.38. The third-order valence-electron chi connectivity index (χ3n) is 1.38. The third kappa shape index (κ3) is 1.60. The minimum atomic E-state index is 1.08. The molecule has 1 aromatic heterocycles. The van der Waals surface area contributed by atoms with Crippen molar-refractivity contribution in [2.45, 2.75) is 6.82 Å². The molecule has 3 heteroatoms. The zero-order chi connectivity index (χ0) is 6.69. The van der Waals surface area contributed by atoms with Crippen LogP contribution in [0.1, 0.15) is 0 Å². The summed E-state index contributed by atoms with van der Waals surface area (Å²) in [4.78, 5) is 4.15. The van der Waals surface area contributed by atoms with Crippen LogP contribution in [0.5, 0.6) is 0 Å². The van der Waals surface area contributed by atoms with Gasteiger partial charge in [0.25, 0.3) is 0 Å². The summed E-state index contributed by atoms with van der Waals surface area (Å²) in [6.07, 6.45) is 1.93. The van der Waals surface area contributed by atoms with Crippen LogP contribution in [-0.4, -0.2) is 20.1 Å². The molecular weight excluding hydrogens is 108 g/mol. The monoisotopic (exact) mass is 117 g/mol. The quantitative estimate of drug-likeness (QED) is 0.405. The zero-order valence-corrected chi connectivity index (χ0v) is 5.89. The first kappa shape index (κ1) is 6.40. The molecule has 1 heterocycles. The Labute approximate surface area is 57.2 Å². The van der Waals surface area contributed by atoms with Gasteiger partial charge in [0, 0.05) is 6.20 Å². The van der Waals surface area contributed by atoms with Crippen molar-refractivity contribution in [1.82, 2.24) is 4.98 Å². The standard InChI is InChI=1S/C6H9B2N/c1-8-5-2-3-6(7)9-4-5/h2-4,8H,7H2,1H3. The maximum Gasteiger partial charge on any atom is 0.163 e. The molecular formula is C6H9B2N. The van der Waals surface area contributed by atoms with Crippen LogP contribution < -0.4 is 11.1 Å². The summed E-state index contributed by atoms with van der Waals surface area (Å²) < 4.78 is 0. The minimum absolute atomic E-state index is 1.08. The molecule has 0 N–H and O–H groups in total. The fraction of sp³-hybridized carbons (Fsp3) is 0.167. The smallest absolute Gasteiger partial charge is 0.163 e. The maximum absolute atomic E-state index is 4.15. The zero-order valence-electron chi connectivity index (χ0n) is 5.89. The Morgan fingerprint density at radius 3 is 2.78 bits per heavy atom. The summed E-state index contributed by atoms with van der Waals surface area (Å²) in [5, 5.41) is 0. The minimum Gasteiger partial charge on any atom is -0.273 e. The van der Waals surface area contributed by atoms with E-state index in [0.717, 1.165) is 12.9 Å². The van der Waals surface area contributed by atoms with E-state index in [1.807, 2.05) is 20.1 Å². The topological polar surface area (TPSA) is 12.9 Å². The van der Waals surface area contributed by atoms with Gasteiger partial charge in [0.15, 0.2) is 15.1 Å². The molecule has 0 radical (unpaired) electrons. The lowest BCUT2D eigenvalue weighted by Crippen LogP contribution is -2.17. The summed E-state index contributed by atoms with van der Waals surface area (Å²) in [5.41, 5.74) is 2.40. The van der Waals surface area contributed by atoms with Gasteiger partial charge in [-0.15, -0.1) is 0 Å². The van der Waals surface area contributed by atoms with Crippen LogP contribution in [0.25, 0.3) is 0 Å². The van der Waals surface area contributed by atoms with Gasteiger partial charge in [0.05, 0.1) is 0 Å². The van der Waals surface area contributed by atoms with Crippen molar-refractivity contribution in [3.8, 4) is 0 Å². The fourth-order valence-corrected chi connectivity index (χ4v) is 0.708. The lowest BCUT2D eigenvalue weighted by atomic mass is 9.74. The lowest BCUT2D eigenvalue weighted by Gasteiger charge is -1.92. The first-order valence-corrected chi connectivity index (χ1v) is 3.24. The Morgan fingerprint density at radius 2 is 2.33 bits per heavy atom. The van der Waals surface area contributed by atoms with Crippen LogP contribution in [0, 0.1) is 0 Å². The number of hydrogen-bond acceptors (Lipinski definition) is 1. The Hall–Kier alpha value is -0.720. The van der Waals surface area contributed by atoms with E-state index in [9.17, 15) is 0 Å². The van der Waals surface area contributed by atoms with Gasteiger partial charge in [-0.1, -0.05) is 24.4 Å². The van der Waals surface area contributed by atoms with Gasteiger partial charge in [-0.3, -0.25) is 4.98 Å². The number of aromatic nitrogens is 1. The van der Waals surface area contributed by atoms with Crippen LogP contribution in [0.3, 0.4) is 0 Å². The van der Waals surface area contributed by atoms with E-state index in [2.05, 4.69) is 17.9 Å². The van der Waals surface area contributed by atoms with E-state index in [1.165, 1.54) is 5.46 Å². The Bertz CT molecular complexity index is 183. The molecule has 1 rings (SSSR count). The van der Waals surface area contributed by atoms with Gasteiger partial charge < -0.3 is 0 Å². The van der Waals surface area contributed by atoms with E-state index in [4.69, 9.17) is 0 Å². The second-order valence-corrected chi connectivity index (χ2v) is 2.16. The number of nitrogens with zero attached hydrogens (tertiary/aromatic N) is 1. The second kappa shape index (κ2) is 2.72.